The van der Waals surface area contributed by atoms with Crippen LogP contribution in [0.4, 0.5) is 5.69 Å². The number of fused-ring (bicyclic) bond motifs is 1. The highest BCUT2D eigenvalue weighted by atomic mass is 16.5. The van der Waals surface area contributed by atoms with Gasteiger partial charge in [0.15, 0.2) is 0 Å². The number of benzene rings is 1. The van der Waals surface area contributed by atoms with Crippen LogP contribution in [0.15, 0.2) is 24.3 Å². The predicted molar refractivity (Wildman–Crippen MR) is 81.0 cm³/mol. The van der Waals surface area contributed by atoms with Crippen molar-refractivity contribution in [3.05, 3.63) is 29.8 Å². The molecular weight excluding hydrogens is 252 g/mol. The maximum absolute atomic E-state index is 12.3. The van der Waals surface area contributed by atoms with E-state index < -0.39 is 0 Å². The molecule has 1 heterocycles. The van der Waals surface area contributed by atoms with E-state index in [1.165, 1.54) is 0 Å². The van der Waals surface area contributed by atoms with Crippen molar-refractivity contribution in [3.8, 4) is 0 Å². The molecule has 1 aliphatic heterocycles. The van der Waals surface area contributed by atoms with Crippen molar-refractivity contribution in [3.63, 3.8) is 0 Å². The molecule has 110 valence electrons. The van der Waals surface area contributed by atoms with E-state index in [-0.39, 0.29) is 11.8 Å². The second-order valence-electron chi connectivity index (χ2n) is 5.20. The van der Waals surface area contributed by atoms with Gasteiger partial charge >= 0.3 is 0 Å². The summed E-state index contributed by atoms with van der Waals surface area (Å²) in [5.41, 5.74) is 2.22. The zero-order chi connectivity index (χ0) is 14.2. The van der Waals surface area contributed by atoms with Gasteiger partial charge in [-0.3, -0.25) is 4.79 Å². The minimum atomic E-state index is -0.00794. The van der Waals surface area contributed by atoms with E-state index in [1.807, 2.05) is 24.3 Å². The number of anilines is 1. The summed E-state index contributed by atoms with van der Waals surface area (Å²) in [5.74, 6) is 0.150. The number of nitrogens with one attached hydrogen (secondary N) is 2. The molecule has 4 nitrogen and oxygen atoms in total. The Morgan fingerprint density at radius 3 is 3.05 bits per heavy atom. The molecule has 0 spiro atoms. The molecule has 4 heteroatoms. The van der Waals surface area contributed by atoms with E-state index in [2.05, 4.69) is 10.6 Å². The number of hydrogen-bond acceptors (Lipinski definition) is 3. The fourth-order valence-corrected chi connectivity index (χ4v) is 2.62. The van der Waals surface area contributed by atoms with E-state index in [0.717, 1.165) is 56.6 Å². The molecule has 1 aromatic carbocycles. The number of rotatable bonds is 7. The lowest BCUT2D eigenvalue weighted by Crippen LogP contribution is -2.33. The molecule has 0 radical (unpaired) electrons. The number of unbranched alkanes of at least 4 members (excludes halogenated alkanes) is 2. The van der Waals surface area contributed by atoms with E-state index in [0.29, 0.717) is 0 Å². The maximum atomic E-state index is 12.3. The number of amides is 1. The summed E-state index contributed by atoms with van der Waals surface area (Å²) in [6, 6.07) is 8.09. The number of carbonyl (C=O) groups is 1. The van der Waals surface area contributed by atoms with Gasteiger partial charge in [0.2, 0.25) is 5.91 Å². The van der Waals surface area contributed by atoms with Gasteiger partial charge in [-0.1, -0.05) is 18.2 Å². The van der Waals surface area contributed by atoms with Crippen LogP contribution < -0.4 is 10.6 Å². The minimum Gasteiger partial charge on any atom is -0.385 e. The largest absolute Gasteiger partial charge is 0.385 e. The molecule has 0 fully saturated rings. The first-order valence-corrected chi connectivity index (χ1v) is 7.42. The molecule has 1 amide bonds. The van der Waals surface area contributed by atoms with Crippen molar-refractivity contribution in [1.29, 1.82) is 0 Å². The minimum absolute atomic E-state index is 0.00794. The third kappa shape index (κ3) is 3.97. The molecule has 1 aromatic rings. The van der Waals surface area contributed by atoms with Crippen LogP contribution in [0.25, 0.3) is 0 Å². The third-order valence-corrected chi connectivity index (χ3v) is 3.73. The van der Waals surface area contributed by atoms with Gasteiger partial charge in [-0.15, -0.1) is 0 Å². The summed E-state index contributed by atoms with van der Waals surface area (Å²) in [6.45, 7) is 2.42. The van der Waals surface area contributed by atoms with Gasteiger partial charge in [-0.2, -0.15) is 0 Å². The van der Waals surface area contributed by atoms with Crippen LogP contribution in [0.2, 0.25) is 0 Å². The Labute approximate surface area is 120 Å². The van der Waals surface area contributed by atoms with E-state index in [1.54, 1.807) is 7.11 Å². The van der Waals surface area contributed by atoms with Crippen LogP contribution in [0.5, 0.6) is 0 Å². The summed E-state index contributed by atoms with van der Waals surface area (Å²) < 4.78 is 5.01. The molecule has 0 aromatic heterocycles. The summed E-state index contributed by atoms with van der Waals surface area (Å²) in [5, 5.41) is 6.41. The van der Waals surface area contributed by atoms with Crippen molar-refractivity contribution >= 4 is 11.6 Å². The Morgan fingerprint density at radius 1 is 1.35 bits per heavy atom. The first-order valence-electron chi connectivity index (χ1n) is 7.42. The van der Waals surface area contributed by atoms with Gasteiger partial charge in [-0.05, 0) is 37.3 Å². The third-order valence-electron chi connectivity index (χ3n) is 3.73. The molecule has 0 aliphatic carbocycles. The average molecular weight is 276 g/mol. The number of carbonyl (C=O) groups excluding carboxylic acids is 1. The molecule has 1 unspecified atom stereocenters. The van der Waals surface area contributed by atoms with Crippen LogP contribution in [-0.4, -0.2) is 32.7 Å². The number of ether oxygens (including phenoxy) is 1. The zero-order valence-electron chi connectivity index (χ0n) is 12.2. The van der Waals surface area contributed by atoms with Crippen molar-refractivity contribution in [2.24, 2.45) is 0 Å². The highest BCUT2D eigenvalue weighted by Crippen LogP contribution is 2.31. The Morgan fingerprint density at radius 2 is 2.20 bits per heavy atom. The second-order valence-corrected chi connectivity index (χ2v) is 5.20. The van der Waals surface area contributed by atoms with E-state index in [4.69, 9.17) is 4.74 Å². The Balaban J connectivity index is 1.79. The Bertz CT molecular complexity index is 434. The van der Waals surface area contributed by atoms with Crippen LogP contribution in [0, 0.1) is 0 Å². The molecule has 0 saturated carbocycles. The zero-order valence-corrected chi connectivity index (χ0v) is 12.2. The fraction of sp³-hybridized carbons (Fsp3) is 0.562. The fourth-order valence-electron chi connectivity index (χ4n) is 2.62. The van der Waals surface area contributed by atoms with Crippen molar-refractivity contribution in [2.45, 2.75) is 31.6 Å². The van der Waals surface area contributed by atoms with Crippen LogP contribution >= 0.6 is 0 Å². The lowest BCUT2D eigenvalue weighted by molar-refractivity contribution is -0.122. The number of methoxy groups -OCH3 is 1. The lowest BCUT2D eigenvalue weighted by Gasteiger charge is -2.25. The van der Waals surface area contributed by atoms with Crippen molar-refractivity contribution < 1.29 is 9.53 Å². The van der Waals surface area contributed by atoms with E-state index in [9.17, 15) is 4.79 Å². The molecule has 0 bridgehead atoms. The Kier molecular flexibility index (Phi) is 5.87. The SMILES string of the molecule is COCCCCCNC(=O)C1CCNc2ccccc21. The van der Waals surface area contributed by atoms with Crippen molar-refractivity contribution in [1.82, 2.24) is 5.32 Å². The summed E-state index contributed by atoms with van der Waals surface area (Å²) >= 11 is 0. The van der Waals surface area contributed by atoms with Crippen LogP contribution in [-0.2, 0) is 9.53 Å². The van der Waals surface area contributed by atoms with Crippen LogP contribution in [0.1, 0.15) is 37.2 Å². The molecule has 1 atom stereocenters. The first-order chi connectivity index (χ1) is 9.83. The molecule has 2 N–H and O–H groups in total. The maximum Gasteiger partial charge on any atom is 0.227 e. The Hall–Kier alpha value is -1.55. The normalized spacial score (nSPS) is 17.1. The lowest BCUT2D eigenvalue weighted by atomic mass is 9.90. The smallest absolute Gasteiger partial charge is 0.227 e. The molecule has 2 rings (SSSR count). The number of hydrogen-bond donors (Lipinski definition) is 2. The van der Waals surface area contributed by atoms with Gasteiger partial charge in [0.05, 0.1) is 5.92 Å². The monoisotopic (exact) mass is 276 g/mol. The molecule has 20 heavy (non-hydrogen) atoms. The van der Waals surface area contributed by atoms with Crippen LogP contribution in [0.3, 0.4) is 0 Å². The second kappa shape index (κ2) is 7.90. The van der Waals surface area contributed by atoms with E-state index >= 15 is 0 Å². The van der Waals surface area contributed by atoms with Crippen molar-refractivity contribution in [2.75, 3.05) is 32.1 Å². The summed E-state index contributed by atoms with van der Waals surface area (Å²) in [7, 11) is 1.72. The highest BCUT2D eigenvalue weighted by molar-refractivity contribution is 5.86. The van der Waals surface area contributed by atoms with Gasteiger partial charge < -0.3 is 15.4 Å². The topological polar surface area (TPSA) is 50.4 Å². The summed E-state index contributed by atoms with van der Waals surface area (Å²) in [6.07, 6.45) is 4.04. The summed E-state index contributed by atoms with van der Waals surface area (Å²) in [4.78, 5) is 12.3. The van der Waals surface area contributed by atoms with Gasteiger partial charge in [0.1, 0.15) is 0 Å². The highest BCUT2D eigenvalue weighted by Gasteiger charge is 2.25. The first kappa shape index (κ1) is 14.9. The molecular formula is C16H24N2O2. The molecule has 0 saturated heterocycles. The number of para-hydroxylation sites is 1. The van der Waals surface area contributed by atoms with Gasteiger partial charge in [0.25, 0.3) is 0 Å². The predicted octanol–water partition coefficient (Wildman–Crippen LogP) is 2.52. The van der Waals surface area contributed by atoms with Gasteiger partial charge in [-0.25, -0.2) is 0 Å². The van der Waals surface area contributed by atoms with Gasteiger partial charge in [0, 0.05) is 32.5 Å². The average Bonchev–Trinajstić information content (AvgIpc) is 2.50. The quantitative estimate of drug-likeness (QED) is 0.752. The molecule has 1 aliphatic rings. The standard InChI is InChI=1S/C16H24N2O2/c1-20-12-6-2-5-10-18-16(19)14-9-11-17-15-8-4-3-7-13(14)15/h3-4,7-8,14,17H,2,5-6,9-12H2,1H3,(H,18,19).